The normalized spacial score (nSPS) is 27.0. The lowest BCUT2D eigenvalue weighted by atomic mass is 9.79. The molecule has 1 aromatic carbocycles. The van der Waals surface area contributed by atoms with Gasteiger partial charge in [-0.3, -0.25) is 4.79 Å². The van der Waals surface area contributed by atoms with Crippen LogP contribution in [0.25, 0.3) is 0 Å². The summed E-state index contributed by atoms with van der Waals surface area (Å²) in [6.45, 7) is 4.61. The van der Waals surface area contributed by atoms with Crippen LogP contribution in [0.2, 0.25) is 5.02 Å². The summed E-state index contributed by atoms with van der Waals surface area (Å²) in [5.74, 6) is 1.04. The van der Waals surface area contributed by atoms with E-state index in [0.29, 0.717) is 16.6 Å². The number of halogens is 1. The first kappa shape index (κ1) is 14.2. The zero-order valence-corrected chi connectivity index (χ0v) is 12.2. The van der Waals surface area contributed by atoms with Crippen molar-refractivity contribution in [2.24, 2.45) is 17.6 Å². The minimum Gasteiger partial charge on any atom is -0.382 e. The van der Waals surface area contributed by atoms with Crippen molar-refractivity contribution in [1.29, 1.82) is 0 Å². The standard InChI is InChI=1S/C15H21ClN2O/c1-9-3-4-11(7-10(9)2)18-12-5-6-14(16)13(8-12)15(17)19/h5-6,8-11,18H,3-4,7H2,1-2H3,(H2,17,19). The van der Waals surface area contributed by atoms with Crippen LogP contribution in [0.1, 0.15) is 43.5 Å². The molecular weight excluding hydrogens is 260 g/mol. The molecule has 0 radical (unpaired) electrons. The predicted molar refractivity (Wildman–Crippen MR) is 79.6 cm³/mol. The largest absolute Gasteiger partial charge is 0.382 e. The Bertz CT molecular complexity index is 475. The first-order chi connectivity index (χ1) is 8.97. The molecule has 0 saturated heterocycles. The molecule has 4 heteroatoms. The van der Waals surface area contributed by atoms with Crippen molar-refractivity contribution in [2.75, 3.05) is 5.32 Å². The number of anilines is 1. The van der Waals surface area contributed by atoms with Gasteiger partial charge in [-0.1, -0.05) is 25.4 Å². The summed E-state index contributed by atoms with van der Waals surface area (Å²) >= 11 is 5.95. The Labute approximate surface area is 119 Å². The summed E-state index contributed by atoms with van der Waals surface area (Å²) in [5.41, 5.74) is 6.61. The Balaban J connectivity index is 2.07. The molecule has 1 amide bonds. The highest BCUT2D eigenvalue weighted by Crippen LogP contribution is 2.31. The SMILES string of the molecule is CC1CCC(Nc2ccc(Cl)c(C(N)=O)c2)CC1C. The van der Waals surface area contributed by atoms with E-state index in [4.69, 9.17) is 17.3 Å². The van der Waals surface area contributed by atoms with Gasteiger partial charge < -0.3 is 11.1 Å². The van der Waals surface area contributed by atoms with Crippen LogP contribution >= 0.6 is 11.6 Å². The zero-order chi connectivity index (χ0) is 14.0. The Morgan fingerprint density at radius 2 is 2.05 bits per heavy atom. The summed E-state index contributed by atoms with van der Waals surface area (Å²) < 4.78 is 0. The van der Waals surface area contributed by atoms with Crippen LogP contribution in [0.15, 0.2) is 18.2 Å². The number of benzene rings is 1. The zero-order valence-electron chi connectivity index (χ0n) is 11.4. The van der Waals surface area contributed by atoms with E-state index in [-0.39, 0.29) is 0 Å². The van der Waals surface area contributed by atoms with Crippen LogP contribution in [-0.2, 0) is 0 Å². The molecule has 1 aromatic rings. The number of hydrogen-bond acceptors (Lipinski definition) is 2. The molecule has 0 bridgehead atoms. The third-order valence-electron chi connectivity index (χ3n) is 4.20. The first-order valence-corrected chi connectivity index (χ1v) is 7.21. The number of nitrogens with one attached hydrogen (secondary N) is 1. The van der Waals surface area contributed by atoms with E-state index in [1.54, 1.807) is 12.1 Å². The van der Waals surface area contributed by atoms with Gasteiger partial charge in [-0.2, -0.15) is 0 Å². The lowest BCUT2D eigenvalue weighted by Crippen LogP contribution is -2.30. The molecule has 0 spiro atoms. The minimum atomic E-state index is -0.487. The second-order valence-corrected chi connectivity index (χ2v) is 6.07. The van der Waals surface area contributed by atoms with Gasteiger partial charge in [0.25, 0.3) is 0 Å². The maximum absolute atomic E-state index is 11.3. The third-order valence-corrected chi connectivity index (χ3v) is 4.53. The van der Waals surface area contributed by atoms with Crippen LogP contribution in [0.4, 0.5) is 5.69 Å². The maximum Gasteiger partial charge on any atom is 0.250 e. The molecule has 3 atom stereocenters. The predicted octanol–water partition coefficient (Wildman–Crippen LogP) is 3.68. The molecular formula is C15H21ClN2O. The smallest absolute Gasteiger partial charge is 0.250 e. The number of hydrogen-bond donors (Lipinski definition) is 2. The second kappa shape index (κ2) is 5.83. The van der Waals surface area contributed by atoms with E-state index in [9.17, 15) is 4.79 Å². The molecule has 1 fully saturated rings. The second-order valence-electron chi connectivity index (χ2n) is 5.67. The molecule has 1 aliphatic carbocycles. The number of primary amides is 1. The van der Waals surface area contributed by atoms with E-state index in [1.165, 1.54) is 12.8 Å². The fourth-order valence-corrected chi connectivity index (χ4v) is 2.93. The number of carbonyl (C=O) groups excluding carboxylic acids is 1. The molecule has 19 heavy (non-hydrogen) atoms. The maximum atomic E-state index is 11.3. The summed E-state index contributed by atoms with van der Waals surface area (Å²) in [5, 5.41) is 3.89. The van der Waals surface area contributed by atoms with Gasteiger partial charge in [0.1, 0.15) is 0 Å². The Morgan fingerprint density at radius 3 is 2.68 bits per heavy atom. The van der Waals surface area contributed by atoms with Crippen molar-refractivity contribution in [3.05, 3.63) is 28.8 Å². The van der Waals surface area contributed by atoms with Gasteiger partial charge in [-0.25, -0.2) is 0 Å². The van der Waals surface area contributed by atoms with Crippen LogP contribution in [0.3, 0.4) is 0 Å². The number of amides is 1. The number of nitrogens with two attached hydrogens (primary N) is 1. The first-order valence-electron chi connectivity index (χ1n) is 6.83. The fourth-order valence-electron chi connectivity index (χ4n) is 2.72. The molecule has 1 aliphatic rings. The van der Waals surface area contributed by atoms with Gasteiger partial charge in [0.05, 0.1) is 10.6 Å². The highest BCUT2D eigenvalue weighted by Gasteiger charge is 2.24. The van der Waals surface area contributed by atoms with Crippen molar-refractivity contribution in [3.8, 4) is 0 Å². The monoisotopic (exact) mass is 280 g/mol. The summed E-state index contributed by atoms with van der Waals surface area (Å²) in [6.07, 6.45) is 3.57. The minimum absolute atomic E-state index is 0.379. The summed E-state index contributed by atoms with van der Waals surface area (Å²) in [6, 6.07) is 5.83. The van der Waals surface area contributed by atoms with Crippen LogP contribution in [0.5, 0.6) is 0 Å². The number of rotatable bonds is 3. The molecule has 0 heterocycles. The number of carbonyl (C=O) groups is 1. The Kier molecular flexibility index (Phi) is 4.35. The molecule has 3 N–H and O–H groups in total. The lowest BCUT2D eigenvalue weighted by molar-refractivity contribution is 0.100. The van der Waals surface area contributed by atoms with E-state index in [1.807, 2.05) is 6.07 Å². The van der Waals surface area contributed by atoms with E-state index < -0.39 is 5.91 Å². The molecule has 2 rings (SSSR count). The lowest BCUT2D eigenvalue weighted by Gasteiger charge is -2.33. The van der Waals surface area contributed by atoms with Gasteiger partial charge >= 0.3 is 0 Å². The highest BCUT2D eigenvalue weighted by atomic mass is 35.5. The highest BCUT2D eigenvalue weighted by molar-refractivity contribution is 6.33. The van der Waals surface area contributed by atoms with E-state index in [0.717, 1.165) is 23.9 Å². The van der Waals surface area contributed by atoms with Gasteiger partial charge in [-0.05, 0) is 49.3 Å². The molecule has 3 nitrogen and oxygen atoms in total. The molecule has 104 valence electrons. The Morgan fingerprint density at radius 1 is 1.32 bits per heavy atom. The van der Waals surface area contributed by atoms with Crippen molar-refractivity contribution in [1.82, 2.24) is 0 Å². The molecule has 0 aromatic heterocycles. The van der Waals surface area contributed by atoms with Crippen molar-refractivity contribution in [2.45, 2.75) is 39.2 Å². The average molecular weight is 281 g/mol. The topological polar surface area (TPSA) is 55.1 Å². The van der Waals surface area contributed by atoms with Gasteiger partial charge in [0.2, 0.25) is 5.91 Å². The Hall–Kier alpha value is -1.22. The van der Waals surface area contributed by atoms with Crippen molar-refractivity contribution in [3.63, 3.8) is 0 Å². The summed E-state index contributed by atoms with van der Waals surface area (Å²) in [4.78, 5) is 11.3. The molecule has 0 aliphatic heterocycles. The van der Waals surface area contributed by atoms with Crippen LogP contribution in [-0.4, -0.2) is 11.9 Å². The van der Waals surface area contributed by atoms with Crippen LogP contribution in [0, 0.1) is 11.8 Å². The molecule has 1 saturated carbocycles. The fraction of sp³-hybridized carbons (Fsp3) is 0.533. The third kappa shape index (κ3) is 3.41. The van der Waals surface area contributed by atoms with Crippen LogP contribution < -0.4 is 11.1 Å². The van der Waals surface area contributed by atoms with E-state index in [2.05, 4.69) is 19.2 Å². The van der Waals surface area contributed by atoms with Crippen molar-refractivity contribution < 1.29 is 4.79 Å². The van der Waals surface area contributed by atoms with E-state index >= 15 is 0 Å². The van der Waals surface area contributed by atoms with Gasteiger partial charge in [0, 0.05) is 11.7 Å². The van der Waals surface area contributed by atoms with Crippen molar-refractivity contribution >= 4 is 23.2 Å². The van der Waals surface area contributed by atoms with Gasteiger partial charge in [-0.15, -0.1) is 0 Å². The van der Waals surface area contributed by atoms with Gasteiger partial charge in [0.15, 0.2) is 0 Å². The quantitative estimate of drug-likeness (QED) is 0.887. The summed E-state index contributed by atoms with van der Waals surface area (Å²) in [7, 11) is 0. The molecule has 3 unspecified atom stereocenters. The average Bonchev–Trinajstić information content (AvgIpc) is 2.36.